The molecule has 2 aromatic carbocycles. The van der Waals surface area contributed by atoms with Gasteiger partial charge in [0.2, 0.25) is 5.91 Å². The number of carboxylic acid groups (broad SMARTS) is 1. The molecule has 164 valence electrons. The quantitative estimate of drug-likeness (QED) is 0.600. The summed E-state index contributed by atoms with van der Waals surface area (Å²) in [4.78, 5) is 36.0. The third-order valence-electron chi connectivity index (χ3n) is 5.79. The molecule has 0 saturated carbocycles. The Balaban J connectivity index is 1.65. The number of fused-ring (bicyclic) bond motifs is 3. The van der Waals surface area contributed by atoms with Crippen LogP contribution in [-0.2, 0) is 14.3 Å². The van der Waals surface area contributed by atoms with Gasteiger partial charge in [0, 0.05) is 12.0 Å². The van der Waals surface area contributed by atoms with Crippen LogP contribution in [0.5, 0.6) is 0 Å². The Labute approximate surface area is 181 Å². The normalized spacial score (nSPS) is 15.2. The summed E-state index contributed by atoms with van der Waals surface area (Å²) < 4.78 is 5.53. The number of rotatable bonds is 8. The van der Waals surface area contributed by atoms with Gasteiger partial charge in [-0.2, -0.15) is 0 Å². The van der Waals surface area contributed by atoms with Crippen molar-refractivity contribution in [3.63, 3.8) is 0 Å². The SMILES string of the molecule is CCC(C)(NC(=O)OCC1c2ccccc2-c2ccccc21)C(=O)NC(C)CC(=O)O. The molecule has 1 aliphatic rings. The Hall–Kier alpha value is -3.35. The van der Waals surface area contributed by atoms with Crippen LogP contribution < -0.4 is 10.6 Å². The molecule has 0 spiro atoms. The van der Waals surface area contributed by atoms with E-state index in [2.05, 4.69) is 22.8 Å². The molecule has 2 amide bonds. The molecule has 7 heteroatoms. The Kier molecular flexibility index (Phi) is 6.63. The number of alkyl carbamates (subject to hydrolysis) is 1. The molecule has 3 N–H and O–H groups in total. The van der Waals surface area contributed by atoms with E-state index in [1.54, 1.807) is 20.8 Å². The number of carbonyl (C=O) groups excluding carboxylic acids is 2. The highest BCUT2D eigenvalue weighted by Gasteiger charge is 2.35. The van der Waals surface area contributed by atoms with Crippen molar-refractivity contribution in [3.05, 3.63) is 59.7 Å². The lowest BCUT2D eigenvalue weighted by Gasteiger charge is -2.29. The fraction of sp³-hybridized carbons (Fsp3) is 0.375. The van der Waals surface area contributed by atoms with Crippen LogP contribution in [-0.4, -0.2) is 41.3 Å². The molecule has 7 nitrogen and oxygen atoms in total. The van der Waals surface area contributed by atoms with Crippen LogP contribution in [0.25, 0.3) is 11.1 Å². The standard InChI is InChI=1S/C24H28N2O5/c1-4-24(3,22(29)25-15(2)13-21(27)28)26-23(30)31-14-20-18-11-7-5-9-16(18)17-10-6-8-12-19(17)20/h5-12,15,20H,4,13-14H2,1-3H3,(H,25,29)(H,26,30)(H,27,28). The highest BCUT2D eigenvalue weighted by atomic mass is 16.5. The van der Waals surface area contributed by atoms with E-state index in [4.69, 9.17) is 9.84 Å². The van der Waals surface area contributed by atoms with Crippen molar-refractivity contribution in [3.8, 4) is 11.1 Å². The van der Waals surface area contributed by atoms with Gasteiger partial charge in [0.1, 0.15) is 12.1 Å². The molecular weight excluding hydrogens is 396 g/mol. The summed E-state index contributed by atoms with van der Waals surface area (Å²) in [5.74, 6) is -1.52. The van der Waals surface area contributed by atoms with E-state index in [1.807, 2.05) is 36.4 Å². The molecule has 2 atom stereocenters. The van der Waals surface area contributed by atoms with Crippen LogP contribution >= 0.6 is 0 Å². The largest absolute Gasteiger partial charge is 0.481 e. The van der Waals surface area contributed by atoms with Gasteiger partial charge in [0.05, 0.1) is 6.42 Å². The Morgan fingerprint density at radius 1 is 1.06 bits per heavy atom. The zero-order valence-electron chi connectivity index (χ0n) is 18.0. The van der Waals surface area contributed by atoms with Gasteiger partial charge in [-0.15, -0.1) is 0 Å². The van der Waals surface area contributed by atoms with Crippen molar-refractivity contribution in [2.75, 3.05) is 6.61 Å². The summed E-state index contributed by atoms with van der Waals surface area (Å²) in [7, 11) is 0. The predicted molar refractivity (Wildman–Crippen MR) is 117 cm³/mol. The molecule has 0 heterocycles. The third-order valence-corrected chi connectivity index (χ3v) is 5.79. The maximum absolute atomic E-state index is 12.6. The highest BCUT2D eigenvalue weighted by molar-refractivity contribution is 5.90. The third kappa shape index (κ3) is 4.87. The molecule has 0 saturated heterocycles. The lowest BCUT2D eigenvalue weighted by molar-refractivity contribution is -0.137. The summed E-state index contributed by atoms with van der Waals surface area (Å²) in [6.45, 7) is 5.12. The fourth-order valence-electron chi connectivity index (χ4n) is 3.86. The molecule has 1 aliphatic carbocycles. The number of carbonyl (C=O) groups is 3. The molecule has 0 aromatic heterocycles. The van der Waals surface area contributed by atoms with Crippen molar-refractivity contribution < 1.29 is 24.2 Å². The lowest BCUT2D eigenvalue weighted by Crippen LogP contribution is -2.58. The van der Waals surface area contributed by atoms with Crippen molar-refractivity contribution >= 4 is 18.0 Å². The number of carboxylic acids is 1. The Morgan fingerprint density at radius 3 is 2.13 bits per heavy atom. The number of hydrogen-bond acceptors (Lipinski definition) is 4. The van der Waals surface area contributed by atoms with Gasteiger partial charge in [-0.3, -0.25) is 9.59 Å². The summed E-state index contributed by atoms with van der Waals surface area (Å²) in [6, 6.07) is 15.5. The van der Waals surface area contributed by atoms with E-state index >= 15 is 0 Å². The first-order chi connectivity index (χ1) is 14.7. The topological polar surface area (TPSA) is 105 Å². The molecule has 3 rings (SSSR count). The van der Waals surface area contributed by atoms with Crippen LogP contribution in [0.15, 0.2) is 48.5 Å². The summed E-state index contributed by atoms with van der Waals surface area (Å²) >= 11 is 0. The maximum atomic E-state index is 12.6. The second kappa shape index (κ2) is 9.20. The smallest absolute Gasteiger partial charge is 0.408 e. The first-order valence-corrected chi connectivity index (χ1v) is 10.4. The number of amides is 2. The fourth-order valence-corrected chi connectivity index (χ4v) is 3.86. The number of ether oxygens (including phenoxy) is 1. The molecule has 31 heavy (non-hydrogen) atoms. The molecule has 0 bridgehead atoms. The van der Waals surface area contributed by atoms with Crippen LogP contribution in [0, 0.1) is 0 Å². The summed E-state index contributed by atoms with van der Waals surface area (Å²) in [5.41, 5.74) is 3.27. The molecule has 0 fully saturated rings. The minimum Gasteiger partial charge on any atom is -0.481 e. The van der Waals surface area contributed by atoms with E-state index in [1.165, 1.54) is 0 Å². The second-order valence-corrected chi connectivity index (χ2v) is 8.11. The van der Waals surface area contributed by atoms with Crippen molar-refractivity contribution in [2.45, 2.75) is 51.1 Å². The number of nitrogens with one attached hydrogen (secondary N) is 2. The van der Waals surface area contributed by atoms with Crippen molar-refractivity contribution in [1.29, 1.82) is 0 Å². The van der Waals surface area contributed by atoms with Crippen LogP contribution in [0.4, 0.5) is 4.79 Å². The van der Waals surface area contributed by atoms with Gasteiger partial charge in [-0.05, 0) is 42.5 Å². The Bertz CT molecular complexity index is 944. The zero-order valence-corrected chi connectivity index (χ0v) is 18.0. The highest BCUT2D eigenvalue weighted by Crippen LogP contribution is 2.44. The minimum absolute atomic E-state index is 0.0737. The summed E-state index contributed by atoms with van der Waals surface area (Å²) in [6.07, 6.45) is -0.563. The molecule has 2 unspecified atom stereocenters. The first-order valence-electron chi connectivity index (χ1n) is 10.4. The predicted octanol–water partition coefficient (Wildman–Crippen LogP) is 3.67. The lowest BCUT2D eigenvalue weighted by atomic mass is 9.97. The maximum Gasteiger partial charge on any atom is 0.408 e. The second-order valence-electron chi connectivity index (χ2n) is 8.11. The monoisotopic (exact) mass is 424 g/mol. The Morgan fingerprint density at radius 2 is 1.61 bits per heavy atom. The van der Waals surface area contributed by atoms with E-state index in [9.17, 15) is 14.4 Å². The molecule has 0 aliphatic heterocycles. The van der Waals surface area contributed by atoms with Gasteiger partial charge >= 0.3 is 12.1 Å². The van der Waals surface area contributed by atoms with E-state index < -0.39 is 29.6 Å². The molecular formula is C24H28N2O5. The van der Waals surface area contributed by atoms with Gasteiger partial charge in [0.15, 0.2) is 0 Å². The van der Waals surface area contributed by atoms with E-state index in [0.29, 0.717) is 6.42 Å². The van der Waals surface area contributed by atoms with Crippen molar-refractivity contribution in [1.82, 2.24) is 10.6 Å². The zero-order chi connectivity index (χ0) is 22.6. The molecule has 2 aromatic rings. The summed E-state index contributed by atoms with van der Waals surface area (Å²) in [5, 5.41) is 14.2. The van der Waals surface area contributed by atoms with Crippen LogP contribution in [0.2, 0.25) is 0 Å². The van der Waals surface area contributed by atoms with Gasteiger partial charge in [-0.1, -0.05) is 55.5 Å². The average molecular weight is 424 g/mol. The van der Waals surface area contributed by atoms with E-state index in [0.717, 1.165) is 22.3 Å². The van der Waals surface area contributed by atoms with E-state index in [-0.39, 0.29) is 18.9 Å². The minimum atomic E-state index is -1.21. The number of benzene rings is 2. The number of hydrogen-bond donors (Lipinski definition) is 3. The van der Waals surface area contributed by atoms with Gasteiger partial charge < -0.3 is 20.5 Å². The van der Waals surface area contributed by atoms with Gasteiger partial charge in [-0.25, -0.2) is 4.79 Å². The molecule has 0 radical (unpaired) electrons. The van der Waals surface area contributed by atoms with Gasteiger partial charge in [0.25, 0.3) is 0 Å². The van der Waals surface area contributed by atoms with Crippen LogP contribution in [0.3, 0.4) is 0 Å². The van der Waals surface area contributed by atoms with Crippen LogP contribution in [0.1, 0.15) is 50.7 Å². The number of aliphatic carboxylic acids is 1. The first kappa shape index (κ1) is 22.3. The van der Waals surface area contributed by atoms with Crippen molar-refractivity contribution in [2.24, 2.45) is 0 Å². The average Bonchev–Trinajstić information content (AvgIpc) is 3.05.